The lowest BCUT2D eigenvalue weighted by molar-refractivity contribution is 0.763. The molecule has 4 rings (SSSR count). The zero-order valence-corrected chi connectivity index (χ0v) is 15.6. The molecule has 0 spiro atoms. The van der Waals surface area contributed by atoms with Crippen molar-refractivity contribution in [1.82, 2.24) is 19.5 Å². The summed E-state index contributed by atoms with van der Waals surface area (Å²) in [5.74, 6) is 1.38. The molecule has 0 fully saturated rings. The zero-order valence-electron chi connectivity index (χ0n) is 13.3. The summed E-state index contributed by atoms with van der Waals surface area (Å²) in [5, 5.41) is 1.71. The van der Waals surface area contributed by atoms with Crippen molar-refractivity contribution in [2.75, 3.05) is 5.73 Å². The van der Waals surface area contributed by atoms with Crippen LogP contribution in [0.4, 0.5) is 5.82 Å². The van der Waals surface area contributed by atoms with E-state index in [1.165, 1.54) is 0 Å². The summed E-state index contributed by atoms with van der Waals surface area (Å²) >= 11 is 18.8. The van der Waals surface area contributed by atoms with Gasteiger partial charge in [0.2, 0.25) is 0 Å². The van der Waals surface area contributed by atoms with Gasteiger partial charge in [-0.05, 0) is 24.3 Å². The second kappa shape index (κ2) is 6.76. The van der Waals surface area contributed by atoms with E-state index in [-0.39, 0.29) is 0 Å². The minimum atomic E-state index is 0.298. The normalized spacial score (nSPS) is 11.2. The predicted octanol–water partition coefficient (Wildman–Crippen LogP) is 5.04. The first-order valence-corrected chi connectivity index (χ1v) is 8.84. The maximum absolute atomic E-state index is 6.29. The Morgan fingerprint density at radius 1 is 0.885 bits per heavy atom. The topological polar surface area (TPSA) is 69.6 Å². The van der Waals surface area contributed by atoms with E-state index in [0.717, 1.165) is 11.1 Å². The molecule has 0 amide bonds. The van der Waals surface area contributed by atoms with Crippen molar-refractivity contribution < 1.29 is 0 Å². The molecule has 2 aromatic carbocycles. The molecule has 0 aliphatic carbocycles. The van der Waals surface area contributed by atoms with Crippen LogP contribution >= 0.6 is 34.8 Å². The van der Waals surface area contributed by atoms with Crippen molar-refractivity contribution in [3.63, 3.8) is 0 Å². The Hall–Kier alpha value is -2.34. The van der Waals surface area contributed by atoms with E-state index >= 15 is 0 Å². The predicted molar refractivity (Wildman–Crippen MR) is 105 cm³/mol. The van der Waals surface area contributed by atoms with Gasteiger partial charge in [-0.25, -0.2) is 15.0 Å². The Kier molecular flexibility index (Phi) is 4.44. The lowest BCUT2D eigenvalue weighted by Crippen LogP contribution is -2.09. The number of hydrogen-bond donors (Lipinski definition) is 1. The maximum atomic E-state index is 6.29. The average molecular weight is 405 g/mol. The van der Waals surface area contributed by atoms with Gasteiger partial charge in [-0.1, -0.05) is 53.0 Å². The summed E-state index contributed by atoms with van der Waals surface area (Å²) in [7, 11) is 0. The van der Waals surface area contributed by atoms with Gasteiger partial charge >= 0.3 is 0 Å². The van der Waals surface area contributed by atoms with Gasteiger partial charge in [0.1, 0.15) is 0 Å². The molecule has 5 nitrogen and oxygen atoms in total. The largest absolute Gasteiger partial charge is 0.382 e. The average Bonchev–Trinajstić information content (AvgIpc) is 3.07. The summed E-state index contributed by atoms with van der Waals surface area (Å²) < 4.78 is 1.81. The summed E-state index contributed by atoms with van der Waals surface area (Å²) in [4.78, 5) is 13.4. The van der Waals surface area contributed by atoms with Crippen LogP contribution in [0.15, 0.2) is 48.8 Å². The van der Waals surface area contributed by atoms with Crippen LogP contribution in [0.2, 0.25) is 15.1 Å². The first-order chi connectivity index (χ1) is 12.5. The number of fused-ring (bicyclic) bond motifs is 1. The SMILES string of the molecule is Nc1ncn(Cc2c(Cl)cccc2Cl)c2nc(-c3ccccc3Cl)nc1-2. The van der Waals surface area contributed by atoms with Crippen LogP contribution in [-0.2, 0) is 6.54 Å². The molecule has 26 heavy (non-hydrogen) atoms. The molecular formula is C18H12Cl3N5. The molecule has 0 atom stereocenters. The highest BCUT2D eigenvalue weighted by Crippen LogP contribution is 2.33. The number of imidazole rings is 1. The molecule has 2 aromatic rings. The van der Waals surface area contributed by atoms with Crippen LogP contribution in [0.1, 0.15) is 5.56 Å². The van der Waals surface area contributed by atoms with Crippen molar-refractivity contribution >= 4 is 40.6 Å². The first-order valence-electron chi connectivity index (χ1n) is 7.70. The van der Waals surface area contributed by atoms with Crippen LogP contribution < -0.4 is 5.73 Å². The van der Waals surface area contributed by atoms with Crippen molar-refractivity contribution in [1.29, 1.82) is 0 Å². The molecule has 8 heteroatoms. The Balaban J connectivity index is 1.85. The molecule has 0 radical (unpaired) electrons. The van der Waals surface area contributed by atoms with Gasteiger partial charge in [0.15, 0.2) is 23.2 Å². The van der Waals surface area contributed by atoms with Crippen LogP contribution in [-0.4, -0.2) is 19.5 Å². The minimum Gasteiger partial charge on any atom is -0.382 e. The molecule has 0 bridgehead atoms. The highest BCUT2D eigenvalue weighted by atomic mass is 35.5. The number of anilines is 1. The van der Waals surface area contributed by atoms with E-state index in [2.05, 4.69) is 15.0 Å². The van der Waals surface area contributed by atoms with Gasteiger partial charge in [-0.2, -0.15) is 0 Å². The van der Waals surface area contributed by atoms with E-state index in [1.807, 2.05) is 22.8 Å². The van der Waals surface area contributed by atoms with E-state index in [9.17, 15) is 0 Å². The van der Waals surface area contributed by atoms with E-state index < -0.39 is 0 Å². The molecule has 2 N–H and O–H groups in total. The van der Waals surface area contributed by atoms with E-state index in [4.69, 9.17) is 40.5 Å². The molecular weight excluding hydrogens is 393 g/mol. The lowest BCUT2D eigenvalue weighted by Gasteiger charge is -2.13. The van der Waals surface area contributed by atoms with Crippen molar-refractivity contribution in [3.8, 4) is 22.9 Å². The highest BCUT2D eigenvalue weighted by Gasteiger charge is 2.21. The number of nitrogen functional groups attached to an aromatic ring is 1. The quantitative estimate of drug-likeness (QED) is 0.519. The highest BCUT2D eigenvalue weighted by molar-refractivity contribution is 6.36. The van der Waals surface area contributed by atoms with Crippen molar-refractivity contribution in [2.45, 2.75) is 6.54 Å². The summed E-state index contributed by atoms with van der Waals surface area (Å²) in [6.07, 6.45) is 1.60. The van der Waals surface area contributed by atoms with Gasteiger partial charge in [0, 0.05) is 21.2 Å². The molecule has 0 unspecified atom stereocenters. The first kappa shape index (κ1) is 17.1. The fourth-order valence-electron chi connectivity index (χ4n) is 2.69. The standard InChI is InChI=1S/C18H12Cl3N5/c19-12-5-2-1-4-10(12)17-24-15-16(22)23-9-26(18(15)25-17)8-11-13(20)6-3-7-14(11)21/h1-7,9H,8,22H2. The molecule has 130 valence electrons. The number of benzene rings is 2. The van der Waals surface area contributed by atoms with E-state index in [0.29, 0.717) is 44.8 Å². The molecule has 2 heterocycles. The Morgan fingerprint density at radius 2 is 1.58 bits per heavy atom. The van der Waals surface area contributed by atoms with Crippen LogP contribution in [0.5, 0.6) is 0 Å². The monoisotopic (exact) mass is 403 g/mol. The Morgan fingerprint density at radius 3 is 2.31 bits per heavy atom. The fourth-order valence-corrected chi connectivity index (χ4v) is 3.42. The number of aromatic nitrogens is 4. The molecule has 2 aliphatic heterocycles. The van der Waals surface area contributed by atoms with Crippen LogP contribution in [0, 0.1) is 0 Å². The molecule has 0 saturated carbocycles. The number of hydrogen-bond acceptors (Lipinski definition) is 4. The van der Waals surface area contributed by atoms with E-state index in [1.54, 1.807) is 30.6 Å². The maximum Gasteiger partial charge on any atom is 0.166 e. The lowest BCUT2D eigenvalue weighted by atomic mass is 10.2. The van der Waals surface area contributed by atoms with Crippen LogP contribution in [0.3, 0.4) is 0 Å². The summed E-state index contributed by atoms with van der Waals surface area (Å²) in [5.41, 5.74) is 8.00. The van der Waals surface area contributed by atoms with Crippen molar-refractivity contribution in [3.05, 3.63) is 69.4 Å². The smallest absolute Gasteiger partial charge is 0.166 e. The van der Waals surface area contributed by atoms with Gasteiger partial charge in [-0.3, -0.25) is 0 Å². The number of halogens is 3. The Labute approximate surface area is 164 Å². The second-order valence-corrected chi connectivity index (χ2v) is 6.88. The minimum absolute atomic E-state index is 0.298. The van der Waals surface area contributed by atoms with Gasteiger partial charge in [-0.15, -0.1) is 0 Å². The fraction of sp³-hybridized carbons (Fsp3) is 0.0556. The third kappa shape index (κ3) is 2.98. The van der Waals surface area contributed by atoms with Gasteiger partial charge < -0.3 is 10.3 Å². The molecule has 0 saturated heterocycles. The van der Waals surface area contributed by atoms with Gasteiger partial charge in [0.25, 0.3) is 0 Å². The molecule has 2 aliphatic rings. The van der Waals surface area contributed by atoms with Crippen LogP contribution in [0.25, 0.3) is 22.9 Å². The number of rotatable bonds is 3. The van der Waals surface area contributed by atoms with Gasteiger partial charge in [0.05, 0.1) is 17.9 Å². The van der Waals surface area contributed by atoms with Crippen molar-refractivity contribution in [2.24, 2.45) is 0 Å². The number of nitrogens with zero attached hydrogens (tertiary/aromatic N) is 4. The number of nitrogens with two attached hydrogens (primary N) is 1. The summed E-state index contributed by atoms with van der Waals surface area (Å²) in [6.45, 7) is 0.392. The Bertz CT molecular complexity index is 1060. The third-order valence-corrected chi connectivity index (χ3v) is 5.03. The summed E-state index contributed by atoms with van der Waals surface area (Å²) in [6, 6.07) is 12.7. The molecule has 0 aromatic heterocycles. The zero-order chi connectivity index (χ0) is 18.3. The second-order valence-electron chi connectivity index (χ2n) is 5.66. The third-order valence-electron chi connectivity index (χ3n) is 4.00.